The van der Waals surface area contributed by atoms with Gasteiger partial charge in [-0.25, -0.2) is 9.59 Å². The molecule has 0 radical (unpaired) electrons. The van der Waals surface area contributed by atoms with E-state index in [9.17, 15) is 9.59 Å². The standard InChI is InChI=1S/C26H34N4O6/c31-25(29-15-19-17-33-21-9-3-5-11-23(21)35-19)27-13-7-1-2-8-14-28-26(32)30-16-20-18-34-22-10-4-6-12-24(22)36-20/h3-6,9-12,19-20H,1-2,7-8,13-18H2,(H2,27,29,31)(H2,28,30,32)/t19-,20-/m1/s1. The molecule has 2 atom stereocenters. The van der Waals surface area contributed by atoms with Gasteiger partial charge in [-0.1, -0.05) is 37.1 Å². The highest BCUT2D eigenvalue weighted by atomic mass is 16.6. The topological polar surface area (TPSA) is 119 Å². The van der Waals surface area contributed by atoms with Gasteiger partial charge < -0.3 is 40.2 Å². The molecular formula is C26H34N4O6. The van der Waals surface area contributed by atoms with E-state index >= 15 is 0 Å². The van der Waals surface area contributed by atoms with E-state index in [0.717, 1.165) is 37.2 Å². The Morgan fingerprint density at radius 3 is 1.47 bits per heavy atom. The van der Waals surface area contributed by atoms with Gasteiger partial charge in [-0.05, 0) is 37.1 Å². The van der Waals surface area contributed by atoms with Crippen LogP contribution in [0.25, 0.3) is 0 Å². The molecule has 194 valence electrons. The Kier molecular flexibility index (Phi) is 9.35. The van der Waals surface area contributed by atoms with E-state index in [2.05, 4.69) is 21.3 Å². The molecule has 0 saturated carbocycles. The van der Waals surface area contributed by atoms with Gasteiger partial charge in [0, 0.05) is 13.1 Å². The van der Waals surface area contributed by atoms with Gasteiger partial charge in [0.1, 0.15) is 13.2 Å². The summed E-state index contributed by atoms with van der Waals surface area (Å²) in [5.41, 5.74) is 0. The van der Waals surface area contributed by atoms with E-state index in [-0.39, 0.29) is 24.3 Å². The molecule has 0 spiro atoms. The molecule has 4 rings (SSSR count). The number of ether oxygens (including phenoxy) is 4. The first-order valence-electron chi connectivity index (χ1n) is 12.5. The van der Waals surface area contributed by atoms with E-state index in [0.29, 0.717) is 50.9 Å². The van der Waals surface area contributed by atoms with Gasteiger partial charge in [0.25, 0.3) is 0 Å². The number of urea groups is 2. The number of rotatable bonds is 11. The fraction of sp³-hybridized carbons (Fsp3) is 0.462. The van der Waals surface area contributed by atoms with Crippen LogP contribution in [-0.2, 0) is 0 Å². The summed E-state index contributed by atoms with van der Waals surface area (Å²) < 4.78 is 22.9. The molecule has 0 fully saturated rings. The number of para-hydroxylation sites is 4. The fourth-order valence-electron chi connectivity index (χ4n) is 3.87. The minimum atomic E-state index is -0.216. The molecule has 10 nitrogen and oxygen atoms in total. The van der Waals surface area contributed by atoms with E-state index in [1.807, 2.05) is 48.5 Å². The SMILES string of the molecule is O=C(NCCCCCCNC(=O)NC[C@@H]1COc2ccccc2O1)NC[C@@H]1COc2ccccc2O1. The van der Waals surface area contributed by atoms with E-state index in [1.54, 1.807) is 0 Å². The van der Waals surface area contributed by atoms with Gasteiger partial charge in [-0.15, -0.1) is 0 Å². The quantitative estimate of drug-likeness (QED) is 0.354. The largest absolute Gasteiger partial charge is 0.486 e. The van der Waals surface area contributed by atoms with Crippen molar-refractivity contribution in [2.24, 2.45) is 0 Å². The van der Waals surface area contributed by atoms with Gasteiger partial charge in [-0.3, -0.25) is 0 Å². The van der Waals surface area contributed by atoms with Crippen molar-refractivity contribution >= 4 is 12.1 Å². The van der Waals surface area contributed by atoms with Gasteiger partial charge >= 0.3 is 12.1 Å². The Bertz CT molecular complexity index is 924. The maximum Gasteiger partial charge on any atom is 0.314 e. The maximum absolute atomic E-state index is 12.0. The third-order valence-corrected chi connectivity index (χ3v) is 5.79. The molecule has 0 bridgehead atoms. The summed E-state index contributed by atoms with van der Waals surface area (Å²) in [6.45, 7) is 2.75. The van der Waals surface area contributed by atoms with Crippen LogP contribution in [0.2, 0.25) is 0 Å². The second-order valence-corrected chi connectivity index (χ2v) is 8.68. The van der Waals surface area contributed by atoms with Crippen molar-refractivity contribution in [1.29, 1.82) is 0 Å². The van der Waals surface area contributed by atoms with Crippen molar-refractivity contribution in [2.45, 2.75) is 37.9 Å². The van der Waals surface area contributed by atoms with Gasteiger partial charge in [0.05, 0.1) is 13.1 Å². The van der Waals surface area contributed by atoms with Crippen LogP contribution in [0.3, 0.4) is 0 Å². The number of fused-ring (bicyclic) bond motifs is 2. The number of hydrogen-bond donors (Lipinski definition) is 4. The second-order valence-electron chi connectivity index (χ2n) is 8.68. The van der Waals surface area contributed by atoms with Crippen molar-refractivity contribution in [3.8, 4) is 23.0 Å². The van der Waals surface area contributed by atoms with Crippen LogP contribution in [-0.4, -0.2) is 63.7 Å². The third-order valence-electron chi connectivity index (χ3n) is 5.79. The molecule has 0 aromatic heterocycles. The van der Waals surface area contributed by atoms with Crippen LogP contribution in [0.5, 0.6) is 23.0 Å². The molecule has 4 amide bonds. The molecule has 2 aliphatic rings. The van der Waals surface area contributed by atoms with Gasteiger partial charge in [-0.2, -0.15) is 0 Å². The van der Waals surface area contributed by atoms with Crippen molar-refractivity contribution in [3.05, 3.63) is 48.5 Å². The first kappa shape index (κ1) is 25.3. The average molecular weight is 499 g/mol. The molecule has 2 aliphatic heterocycles. The molecule has 0 saturated heterocycles. The zero-order valence-electron chi connectivity index (χ0n) is 20.3. The molecular weight excluding hydrogens is 464 g/mol. The molecule has 0 aliphatic carbocycles. The average Bonchev–Trinajstić information content (AvgIpc) is 2.92. The summed E-state index contributed by atoms with van der Waals surface area (Å²) in [5.74, 6) is 2.85. The summed E-state index contributed by atoms with van der Waals surface area (Å²) in [6.07, 6.45) is 3.25. The predicted molar refractivity (Wildman–Crippen MR) is 134 cm³/mol. The normalized spacial score (nSPS) is 17.6. The number of nitrogens with one attached hydrogen (secondary N) is 4. The fourth-order valence-corrected chi connectivity index (χ4v) is 3.87. The summed E-state index contributed by atoms with van der Waals surface area (Å²) in [4.78, 5) is 24.0. The Morgan fingerprint density at radius 1 is 0.611 bits per heavy atom. The van der Waals surface area contributed by atoms with E-state index < -0.39 is 0 Å². The zero-order chi connectivity index (χ0) is 25.0. The lowest BCUT2D eigenvalue weighted by atomic mass is 10.2. The number of hydrogen-bond acceptors (Lipinski definition) is 6. The molecule has 2 aromatic rings. The van der Waals surface area contributed by atoms with Crippen molar-refractivity contribution in [1.82, 2.24) is 21.3 Å². The van der Waals surface area contributed by atoms with Crippen LogP contribution in [0, 0.1) is 0 Å². The van der Waals surface area contributed by atoms with Gasteiger partial charge in [0.2, 0.25) is 0 Å². The molecule has 36 heavy (non-hydrogen) atoms. The number of benzene rings is 2. The molecule has 0 unspecified atom stereocenters. The zero-order valence-corrected chi connectivity index (χ0v) is 20.3. The smallest absolute Gasteiger partial charge is 0.314 e. The molecule has 10 heteroatoms. The highest BCUT2D eigenvalue weighted by Crippen LogP contribution is 2.31. The maximum atomic E-state index is 12.0. The van der Waals surface area contributed by atoms with Crippen molar-refractivity contribution in [2.75, 3.05) is 39.4 Å². The Hall–Kier alpha value is -3.82. The molecule has 2 aromatic carbocycles. The summed E-state index contributed by atoms with van der Waals surface area (Å²) >= 11 is 0. The van der Waals surface area contributed by atoms with Gasteiger partial charge in [0.15, 0.2) is 35.2 Å². The number of carbonyl (C=O) groups excluding carboxylic acids is 2. The Labute approximate surface area is 211 Å². The van der Waals surface area contributed by atoms with Crippen molar-refractivity contribution < 1.29 is 28.5 Å². The summed E-state index contributed by atoms with van der Waals surface area (Å²) in [7, 11) is 0. The summed E-state index contributed by atoms with van der Waals surface area (Å²) in [6, 6.07) is 14.6. The van der Waals surface area contributed by atoms with Crippen LogP contribution in [0.4, 0.5) is 9.59 Å². The number of carbonyl (C=O) groups is 2. The lowest BCUT2D eigenvalue weighted by Crippen LogP contribution is -2.44. The van der Waals surface area contributed by atoms with Crippen LogP contribution in [0.1, 0.15) is 25.7 Å². The van der Waals surface area contributed by atoms with Crippen LogP contribution >= 0.6 is 0 Å². The van der Waals surface area contributed by atoms with Crippen LogP contribution in [0.15, 0.2) is 48.5 Å². The lowest BCUT2D eigenvalue weighted by Gasteiger charge is -2.26. The second kappa shape index (κ2) is 13.3. The minimum absolute atomic E-state index is 0.212. The first-order valence-corrected chi connectivity index (χ1v) is 12.5. The first-order chi connectivity index (χ1) is 17.7. The minimum Gasteiger partial charge on any atom is -0.486 e. The number of unbranched alkanes of at least 4 members (excludes halogenated alkanes) is 3. The highest BCUT2D eigenvalue weighted by Gasteiger charge is 2.22. The van der Waals surface area contributed by atoms with Crippen LogP contribution < -0.4 is 40.2 Å². The molecule has 4 N–H and O–H groups in total. The van der Waals surface area contributed by atoms with Crippen molar-refractivity contribution in [3.63, 3.8) is 0 Å². The summed E-state index contributed by atoms with van der Waals surface area (Å²) in [5, 5.41) is 11.4. The number of amides is 4. The van der Waals surface area contributed by atoms with E-state index in [4.69, 9.17) is 18.9 Å². The Morgan fingerprint density at radius 2 is 1.03 bits per heavy atom. The lowest BCUT2D eigenvalue weighted by molar-refractivity contribution is 0.0918. The predicted octanol–water partition coefficient (Wildman–Crippen LogP) is 2.83. The molecule has 2 heterocycles. The third kappa shape index (κ3) is 7.86. The van der Waals surface area contributed by atoms with E-state index in [1.165, 1.54) is 0 Å². The monoisotopic (exact) mass is 498 g/mol. The Balaban J connectivity index is 0.956. The highest BCUT2D eigenvalue weighted by molar-refractivity contribution is 5.74.